The lowest BCUT2D eigenvalue weighted by atomic mass is 10.00. The highest BCUT2D eigenvalue weighted by molar-refractivity contribution is 6.10. The number of carbonyl (C=O) groups is 1. The topological polar surface area (TPSA) is 39.4 Å². The van der Waals surface area contributed by atoms with Crippen molar-refractivity contribution < 1.29 is 13.9 Å². The quantitative estimate of drug-likeness (QED) is 0.787. The van der Waals surface area contributed by atoms with Gasteiger partial charge in [-0.25, -0.2) is 0 Å². The van der Waals surface area contributed by atoms with E-state index >= 15 is 0 Å². The molecule has 1 aliphatic heterocycles. The van der Waals surface area contributed by atoms with Crippen molar-refractivity contribution >= 4 is 16.8 Å². The number of rotatable bonds is 3. The van der Waals surface area contributed by atoms with Gasteiger partial charge in [-0.2, -0.15) is 0 Å². The molecule has 0 spiro atoms. The standard InChI is InChI=1S/C16H18O3/c1-3-12-15(11-6-4-5-7-13(11)19-12)16(17)14-9-8-10(2)18-14/h4-7,10,14H,3,8-9H2,1-2H3. The van der Waals surface area contributed by atoms with Gasteiger partial charge in [0.25, 0.3) is 0 Å². The Kier molecular flexibility index (Phi) is 3.15. The number of furan rings is 1. The zero-order chi connectivity index (χ0) is 13.4. The number of carbonyl (C=O) groups excluding carboxylic acids is 1. The minimum atomic E-state index is -0.304. The van der Waals surface area contributed by atoms with E-state index in [1.54, 1.807) is 0 Å². The highest BCUT2D eigenvalue weighted by Crippen LogP contribution is 2.31. The second-order valence-corrected chi connectivity index (χ2v) is 5.13. The maximum atomic E-state index is 12.7. The van der Waals surface area contributed by atoms with Gasteiger partial charge in [0.1, 0.15) is 17.4 Å². The Hall–Kier alpha value is -1.61. The smallest absolute Gasteiger partial charge is 0.195 e. The molecule has 3 heteroatoms. The maximum absolute atomic E-state index is 12.7. The van der Waals surface area contributed by atoms with E-state index in [1.807, 2.05) is 38.1 Å². The van der Waals surface area contributed by atoms with E-state index in [9.17, 15) is 4.79 Å². The first-order chi connectivity index (χ1) is 9.20. The molecule has 0 N–H and O–H groups in total. The highest BCUT2D eigenvalue weighted by Gasteiger charge is 2.32. The molecule has 2 aromatic rings. The number of benzene rings is 1. The SMILES string of the molecule is CCc1oc2ccccc2c1C(=O)C1CCC(C)O1. The van der Waals surface area contributed by atoms with Crippen molar-refractivity contribution in [3.05, 3.63) is 35.6 Å². The Bertz CT molecular complexity index is 611. The van der Waals surface area contributed by atoms with Crippen molar-refractivity contribution in [1.29, 1.82) is 0 Å². The molecule has 3 nitrogen and oxygen atoms in total. The first-order valence-electron chi connectivity index (χ1n) is 6.90. The molecule has 19 heavy (non-hydrogen) atoms. The van der Waals surface area contributed by atoms with Crippen LogP contribution in [0.4, 0.5) is 0 Å². The first-order valence-corrected chi connectivity index (χ1v) is 6.90. The largest absolute Gasteiger partial charge is 0.460 e. The minimum Gasteiger partial charge on any atom is -0.460 e. The van der Waals surface area contributed by atoms with Crippen LogP contribution < -0.4 is 0 Å². The highest BCUT2D eigenvalue weighted by atomic mass is 16.5. The fourth-order valence-electron chi connectivity index (χ4n) is 2.77. The molecule has 1 aromatic carbocycles. The fraction of sp³-hybridized carbons (Fsp3) is 0.438. The Morgan fingerprint density at radius 3 is 2.79 bits per heavy atom. The molecule has 1 aromatic heterocycles. The van der Waals surface area contributed by atoms with Gasteiger partial charge in [0, 0.05) is 11.8 Å². The van der Waals surface area contributed by atoms with Crippen molar-refractivity contribution in [3.63, 3.8) is 0 Å². The summed E-state index contributed by atoms with van der Waals surface area (Å²) >= 11 is 0. The molecule has 1 saturated heterocycles. The van der Waals surface area contributed by atoms with Crippen LogP contribution in [0.15, 0.2) is 28.7 Å². The molecule has 0 radical (unpaired) electrons. The molecule has 0 aliphatic carbocycles. The van der Waals surface area contributed by atoms with E-state index in [2.05, 4.69) is 0 Å². The van der Waals surface area contributed by atoms with Crippen molar-refractivity contribution in [1.82, 2.24) is 0 Å². The van der Waals surface area contributed by atoms with E-state index in [-0.39, 0.29) is 18.0 Å². The molecular formula is C16H18O3. The summed E-state index contributed by atoms with van der Waals surface area (Å²) in [6.07, 6.45) is 2.35. The van der Waals surface area contributed by atoms with Crippen LogP contribution in [-0.4, -0.2) is 18.0 Å². The van der Waals surface area contributed by atoms with Crippen LogP contribution in [0, 0.1) is 0 Å². The monoisotopic (exact) mass is 258 g/mol. The van der Waals surface area contributed by atoms with E-state index in [0.29, 0.717) is 0 Å². The average molecular weight is 258 g/mol. The zero-order valence-electron chi connectivity index (χ0n) is 11.3. The maximum Gasteiger partial charge on any atom is 0.195 e. The van der Waals surface area contributed by atoms with Crippen molar-refractivity contribution in [2.24, 2.45) is 0 Å². The first kappa shape index (κ1) is 12.4. The summed E-state index contributed by atoms with van der Waals surface area (Å²) in [7, 11) is 0. The number of ketones is 1. The van der Waals surface area contributed by atoms with E-state index in [4.69, 9.17) is 9.15 Å². The van der Waals surface area contributed by atoms with Gasteiger partial charge in [0.2, 0.25) is 0 Å². The second-order valence-electron chi connectivity index (χ2n) is 5.13. The average Bonchev–Trinajstić information content (AvgIpc) is 3.01. The molecule has 1 fully saturated rings. The number of ether oxygens (including phenoxy) is 1. The van der Waals surface area contributed by atoms with E-state index in [1.165, 1.54) is 0 Å². The van der Waals surface area contributed by atoms with Crippen molar-refractivity contribution in [2.75, 3.05) is 0 Å². The Morgan fingerprint density at radius 1 is 1.32 bits per heavy atom. The van der Waals surface area contributed by atoms with Gasteiger partial charge in [-0.05, 0) is 25.8 Å². The minimum absolute atomic E-state index is 0.0751. The van der Waals surface area contributed by atoms with Crippen LogP contribution in [0.25, 0.3) is 11.0 Å². The van der Waals surface area contributed by atoms with Gasteiger partial charge in [-0.1, -0.05) is 25.1 Å². The van der Waals surface area contributed by atoms with Gasteiger partial charge >= 0.3 is 0 Å². The molecule has 2 unspecified atom stereocenters. The van der Waals surface area contributed by atoms with Gasteiger partial charge < -0.3 is 9.15 Å². The molecular weight excluding hydrogens is 240 g/mol. The van der Waals surface area contributed by atoms with Crippen molar-refractivity contribution in [2.45, 2.75) is 45.3 Å². The van der Waals surface area contributed by atoms with Gasteiger partial charge in [-0.3, -0.25) is 4.79 Å². The van der Waals surface area contributed by atoms with Crippen LogP contribution in [0.1, 0.15) is 42.8 Å². The number of fused-ring (bicyclic) bond motifs is 1. The summed E-state index contributed by atoms with van der Waals surface area (Å²) in [5.74, 6) is 0.848. The molecule has 0 bridgehead atoms. The number of para-hydroxylation sites is 1. The fourth-order valence-corrected chi connectivity index (χ4v) is 2.77. The molecule has 2 atom stereocenters. The Balaban J connectivity index is 2.05. The third-order valence-electron chi connectivity index (χ3n) is 3.76. The predicted molar refractivity (Wildman–Crippen MR) is 73.5 cm³/mol. The molecule has 2 heterocycles. The van der Waals surface area contributed by atoms with Crippen LogP contribution in [0.2, 0.25) is 0 Å². The Labute approximate surface area is 112 Å². The van der Waals surface area contributed by atoms with Crippen LogP contribution in [-0.2, 0) is 11.2 Å². The number of aryl methyl sites for hydroxylation is 1. The Morgan fingerprint density at radius 2 is 2.11 bits per heavy atom. The van der Waals surface area contributed by atoms with E-state index in [0.717, 1.165) is 41.6 Å². The lowest BCUT2D eigenvalue weighted by molar-refractivity contribution is 0.0433. The number of Topliss-reactive ketones (excluding diaryl/α,β-unsaturated/α-hetero) is 1. The molecule has 100 valence electrons. The van der Waals surface area contributed by atoms with Crippen LogP contribution in [0.5, 0.6) is 0 Å². The summed E-state index contributed by atoms with van der Waals surface area (Å²) in [6, 6.07) is 7.72. The zero-order valence-corrected chi connectivity index (χ0v) is 11.3. The molecule has 1 aliphatic rings. The normalized spacial score (nSPS) is 23.1. The number of hydrogen-bond donors (Lipinski definition) is 0. The molecule has 3 rings (SSSR count). The lowest BCUT2D eigenvalue weighted by Gasteiger charge is -2.10. The van der Waals surface area contributed by atoms with E-state index < -0.39 is 0 Å². The summed E-state index contributed by atoms with van der Waals surface area (Å²) in [5.41, 5.74) is 1.51. The summed E-state index contributed by atoms with van der Waals surface area (Å²) in [6.45, 7) is 4.02. The lowest BCUT2D eigenvalue weighted by Crippen LogP contribution is -2.21. The van der Waals surface area contributed by atoms with Crippen LogP contribution in [0.3, 0.4) is 0 Å². The summed E-state index contributed by atoms with van der Waals surface area (Å²) in [4.78, 5) is 12.7. The van der Waals surface area contributed by atoms with Crippen molar-refractivity contribution in [3.8, 4) is 0 Å². The molecule has 0 amide bonds. The van der Waals surface area contributed by atoms with Crippen LogP contribution >= 0.6 is 0 Å². The predicted octanol–water partition coefficient (Wildman–Crippen LogP) is 3.75. The molecule has 0 saturated carbocycles. The summed E-state index contributed by atoms with van der Waals surface area (Å²) in [5, 5.41) is 0.910. The second kappa shape index (κ2) is 4.82. The van der Waals surface area contributed by atoms with Gasteiger partial charge in [-0.15, -0.1) is 0 Å². The third kappa shape index (κ3) is 2.08. The summed E-state index contributed by atoms with van der Waals surface area (Å²) < 4.78 is 11.5. The number of hydrogen-bond acceptors (Lipinski definition) is 3. The third-order valence-corrected chi connectivity index (χ3v) is 3.76. The van der Waals surface area contributed by atoms with Gasteiger partial charge in [0.15, 0.2) is 5.78 Å². The van der Waals surface area contributed by atoms with Gasteiger partial charge in [0.05, 0.1) is 11.7 Å².